The molecule has 0 saturated heterocycles. The zero-order chi connectivity index (χ0) is 17.0. The standard InChI is InChI=1S/C17H20N2O4/c1-10-5-6-14(7-11(10)2)13(4)18-16(20)9-22-17(21)15-8-12(3)19-23-15/h5-8,13H,9H2,1-4H3,(H,18,20)/t13-/m1/s1. The Bertz CT molecular complexity index is 721. The minimum Gasteiger partial charge on any atom is -0.450 e. The van der Waals surface area contributed by atoms with Crippen LogP contribution in [0.2, 0.25) is 0 Å². The molecule has 2 aromatic rings. The topological polar surface area (TPSA) is 81.4 Å². The van der Waals surface area contributed by atoms with Crippen molar-refractivity contribution in [3.63, 3.8) is 0 Å². The molecule has 0 spiro atoms. The Morgan fingerprint density at radius 1 is 1.22 bits per heavy atom. The van der Waals surface area contributed by atoms with Crippen LogP contribution in [0.15, 0.2) is 28.8 Å². The van der Waals surface area contributed by atoms with Gasteiger partial charge in [-0.3, -0.25) is 4.79 Å². The van der Waals surface area contributed by atoms with Crippen LogP contribution in [-0.4, -0.2) is 23.6 Å². The lowest BCUT2D eigenvalue weighted by atomic mass is 10.0. The Morgan fingerprint density at radius 2 is 1.96 bits per heavy atom. The lowest BCUT2D eigenvalue weighted by Gasteiger charge is -2.15. The summed E-state index contributed by atoms with van der Waals surface area (Å²) in [6, 6.07) is 7.30. The zero-order valence-electron chi connectivity index (χ0n) is 13.7. The highest BCUT2D eigenvalue weighted by molar-refractivity contribution is 5.88. The van der Waals surface area contributed by atoms with Gasteiger partial charge in [-0.1, -0.05) is 23.4 Å². The maximum atomic E-state index is 11.9. The van der Waals surface area contributed by atoms with Gasteiger partial charge < -0.3 is 14.6 Å². The van der Waals surface area contributed by atoms with E-state index in [1.807, 2.05) is 39.0 Å². The monoisotopic (exact) mass is 316 g/mol. The molecular formula is C17H20N2O4. The Morgan fingerprint density at radius 3 is 2.57 bits per heavy atom. The van der Waals surface area contributed by atoms with Crippen molar-refractivity contribution in [3.8, 4) is 0 Å². The summed E-state index contributed by atoms with van der Waals surface area (Å²) in [5, 5.41) is 6.38. The molecule has 0 unspecified atom stereocenters. The number of rotatable bonds is 5. The third-order valence-corrected chi connectivity index (χ3v) is 3.57. The summed E-state index contributed by atoms with van der Waals surface area (Å²) in [6.45, 7) is 7.26. The smallest absolute Gasteiger partial charge is 0.377 e. The van der Waals surface area contributed by atoms with Crippen LogP contribution in [0.5, 0.6) is 0 Å². The Balaban J connectivity index is 1.86. The van der Waals surface area contributed by atoms with Gasteiger partial charge in [0.15, 0.2) is 6.61 Å². The van der Waals surface area contributed by atoms with E-state index in [1.54, 1.807) is 6.92 Å². The SMILES string of the molecule is Cc1cc(C(=O)OCC(=O)N[C@H](C)c2ccc(C)c(C)c2)on1. The minimum atomic E-state index is -0.709. The van der Waals surface area contributed by atoms with Crippen molar-refractivity contribution in [2.45, 2.75) is 33.7 Å². The third-order valence-electron chi connectivity index (χ3n) is 3.57. The number of aryl methyl sites for hydroxylation is 3. The molecule has 1 atom stereocenters. The molecule has 1 heterocycles. The number of nitrogens with zero attached hydrogens (tertiary/aromatic N) is 1. The van der Waals surface area contributed by atoms with Crippen LogP contribution in [0.3, 0.4) is 0 Å². The van der Waals surface area contributed by atoms with Gasteiger partial charge in [0, 0.05) is 6.07 Å². The van der Waals surface area contributed by atoms with Crippen LogP contribution >= 0.6 is 0 Å². The second kappa shape index (κ2) is 7.09. The fraction of sp³-hybridized carbons (Fsp3) is 0.353. The predicted molar refractivity (Wildman–Crippen MR) is 84.0 cm³/mol. The van der Waals surface area contributed by atoms with E-state index in [4.69, 9.17) is 9.26 Å². The first-order valence-corrected chi connectivity index (χ1v) is 7.33. The maximum Gasteiger partial charge on any atom is 0.377 e. The van der Waals surface area contributed by atoms with E-state index >= 15 is 0 Å². The van der Waals surface area contributed by atoms with Crippen LogP contribution in [-0.2, 0) is 9.53 Å². The molecule has 0 aliphatic rings. The highest BCUT2D eigenvalue weighted by atomic mass is 16.6. The summed E-state index contributed by atoms with van der Waals surface area (Å²) in [5.74, 6) is -1.10. The Hall–Kier alpha value is -2.63. The number of carbonyl (C=O) groups is 2. The Kier molecular flexibility index (Phi) is 5.16. The summed E-state index contributed by atoms with van der Waals surface area (Å²) in [5.41, 5.74) is 3.93. The first-order valence-electron chi connectivity index (χ1n) is 7.33. The van der Waals surface area contributed by atoms with Crippen molar-refractivity contribution < 1.29 is 18.8 Å². The highest BCUT2D eigenvalue weighted by Gasteiger charge is 2.16. The summed E-state index contributed by atoms with van der Waals surface area (Å²) in [4.78, 5) is 23.5. The number of hydrogen-bond acceptors (Lipinski definition) is 5. The van der Waals surface area contributed by atoms with Gasteiger partial charge in [0.05, 0.1) is 11.7 Å². The van der Waals surface area contributed by atoms with Crippen LogP contribution in [0.4, 0.5) is 0 Å². The summed E-state index contributed by atoms with van der Waals surface area (Å²) in [6.07, 6.45) is 0. The molecule has 0 saturated carbocycles. The first-order chi connectivity index (χ1) is 10.9. The van der Waals surface area contributed by atoms with E-state index in [2.05, 4.69) is 10.5 Å². The molecule has 23 heavy (non-hydrogen) atoms. The fourth-order valence-corrected chi connectivity index (χ4v) is 2.06. The van der Waals surface area contributed by atoms with Crippen molar-refractivity contribution in [1.82, 2.24) is 10.5 Å². The average molecular weight is 316 g/mol. The largest absolute Gasteiger partial charge is 0.450 e. The third kappa shape index (κ3) is 4.42. The molecule has 0 aliphatic heterocycles. The average Bonchev–Trinajstić information content (AvgIpc) is 2.94. The van der Waals surface area contributed by atoms with Crippen molar-refractivity contribution >= 4 is 11.9 Å². The maximum absolute atomic E-state index is 11.9. The van der Waals surface area contributed by atoms with Gasteiger partial charge in [0.1, 0.15) is 0 Å². The van der Waals surface area contributed by atoms with Crippen LogP contribution in [0.25, 0.3) is 0 Å². The van der Waals surface area contributed by atoms with Gasteiger partial charge in [-0.25, -0.2) is 4.79 Å². The van der Waals surface area contributed by atoms with Crippen LogP contribution < -0.4 is 5.32 Å². The molecule has 0 bridgehead atoms. The molecule has 0 fully saturated rings. The molecule has 6 heteroatoms. The number of amides is 1. The lowest BCUT2D eigenvalue weighted by molar-refractivity contribution is -0.124. The lowest BCUT2D eigenvalue weighted by Crippen LogP contribution is -2.31. The van der Waals surface area contributed by atoms with E-state index in [-0.39, 0.29) is 24.3 Å². The van der Waals surface area contributed by atoms with Crippen LogP contribution in [0.1, 0.15) is 45.9 Å². The van der Waals surface area contributed by atoms with Gasteiger partial charge in [-0.05, 0) is 44.4 Å². The van der Waals surface area contributed by atoms with E-state index in [1.165, 1.54) is 11.6 Å². The molecular weight excluding hydrogens is 296 g/mol. The molecule has 1 N–H and O–H groups in total. The molecule has 0 radical (unpaired) electrons. The molecule has 122 valence electrons. The van der Waals surface area contributed by atoms with Gasteiger partial charge in [0.25, 0.3) is 5.91 Å². The van der Waals surface area contributed by atoms with Gasteiger partial charge in [0.2, 0.25) is 5.76 Å². The van der Waals surface area contributed by atoms with Gasteiger partial charge in [-0.2, -0.15) is 0 Å². The van der Waals surface area contributed by atoms with Crippen molar-refractivity contribution in [2.75, 3.05) is 6.61 Å². The minimum absolute atomic E-state index is 0.0162. The van der Waals surface area contributed by atoms with Gasteiger partial charge in [-0.15, -0.1) is 0 Å². The number of ether oxygens (including phenoxy) is 1. The quantitative estimate of drug-likeness (QED) is 0.858. The van der Waals surface area contributed by atoms with Gasteiger partial charge >= 0.3 is 5.97 Å². The Labute approximate surface area is 134 Å². The van der Waals surface area contributed by atoms with Crippen LogP contribution in [0, 0.1) is 20.8 Å². The molecule has 1 aromatic heterocycles. The number of carbonyl (C=O) groups excluding carboxylic acids is 2. The van der Waals surface area contributed by atoms with Crippen molar-refractivity contribution in [1.29, 1.82) is 0 Å². The number of esters is 1. The summed E-state index contributed by atoms with van der Waals surface area (Å²) < 4.78 is 9.67. The van der Waals surface area contributed by atoms with Crippen molar-refractivity contribution in [3.05, 3.63) is 52.4 Å². The number of aromatic nitrogens is 1. The second-order valence-corrected chi connectivity index (χ2v) is 5.54. The summed E-state index contributed by atoms with van der Waals surface area (Å²) >= 11 is 0. The number of nitrogens with one attached hydrogen (secondary N) is 1. The molecule has 2 rings (SSSR count). The molecule has 1 aromatic carbocycles. The molecule has 6 nitrogen and oxygen atoms in total. The fourth-order valence-electron chi connectivity index (χ4n) is 2.06. The van der Waals surface area contributed by atoms with E-state index in [9.17, 15) is 9.59 Å². The van der Waals surface area contributed by atoms with E-state index in [0.29, 0.717) is 5.69 Å². The number of hydrogen-bond donors (Lipinski definition) is 1. The van der Waals surface area contributed by atoms with E-state index < -0.39 is 5.97 Å². The predicted octanol–water partition coefficient (Wildman–Crippen LogP) is 2.63. The molecule has 1 amide bonds. The zero-order valence-corrected chi connectivity index (χ0v) is 13.7. The normalized spacial score (nSPS) is 11.8. The first kappa shape index (κ1) is 16.7. The van der Waals surface area contributed by atoms with Crippen molar-refractivity contribution in [2.24, 2.45) is 0 Å². The number of benzene rings is 1. The van der Waals surface area contributed by atoms with E-state index in [0.717, 1.165) is 11.1 Å². The highest BCUT2D eigenvalue weighted by Crippen LogP contribution is 2.16. The second-order valence-electron chi connectivity index (χ2n) is 5.54. The molecule has 0 aliphatic carbocycles. The summed E-state index contributed by atoms with van der Waals surface area (Å²) in [7, 11) is 0.